The van der Waals surface area contributed by atoms with E-state index in [4.69, 9.17) is 10.5 Å². The Labute approximate surface area is 107 Å². The highest BCUT2D eigenvalue weighted by Gasteiger charge is 2.37. The average molecular weight is 270 g/mol. The standard InChI is InChI=1S/C12H18N2O3S/c1-2-7-17-9-3-5-10(6-4-9)18(15,16)14-12-8-11(12)13/h3-6,11-12,14H,2,7-8,13H2,1H3. The summed E-state index contributed by atoms with van der Waals surface area (Å²) in [5.74, 6) is 0.680. The predicted molar refractivity (Wildman–Crippen MR) is 68.9 cm³/mol. The molecule has 2 atom stereocenters. The Hall–Kier alpha value is -1.11. The van der Waals surface area contributed by atoms with Crippen molar-refractivity contribution < 1.29 is 13.2 Å². The van der Waals surface area contributed by atoms with Gasteiger partial charge in [-0.05, 0) is 37.1 Å². The lowest BCUT2D eigenvalue weighted by Gasteiger charge is -2.07. The summed E-state index contributed by atoms with van der Waals surface area (Å²) in [6.45, 7) is 2.64. The van der Waals surface area contributed by atoms with Gasteiger partial charge in [-0.25, -0.2) is 13.1 Å². The highest BCUT2D eigenvalue weighted by atomic mass is 32.2. The average Bonchev–Trinajstić information content (AvgIpc) is 3.02. The van der Waals surface area contributed by atoms with Gasteiger partial charge in [-0.2, -0.15) is 0 Å². The summed E-state index contributed by atoms with van der Waals surface area (Å²) in [4.78, 5) is 0.241. The molecule has 1 fully saturated rings. The molecule has 0 spiro atoms. The van der Waals surface area contributed by atoms with Gasteiger partial charge in [0.1, 0.15) is 5.75 Å². The number of nitrogens with one attached hydrogen (secondary N) is 1. The van der Waals surface area contributed by atoms with Crippen molar-refractivity contribution in [3.63, 3.8) is 0 Å². The van der Waals surface area contributed by atoms with Crippen LogP contribution in [0, 0.1) is 0 Å². The van der Waals surface area contributed by atoms with Crippen LogP contribution in [0.1, 0.15) is 19.8 Å². The number of benzene rings is 1. The Bertz CT molecular complexity index is 499. The topological polar surface area (TPSA) is 81.4 Å². The summed E-state index contributed by atoms with van der Waals surface area (Å²) in [5, 5.41) is 0. The second kappa shape index (κ2) is 5.26. The zero-order chi connectivity index (χ0) is 13.2. The molecule has 3 N–H and O–H groups in total. The Morgan fingerprint density at radius 2 is 2.00 bits per heavy atom. The first-order valence-corrected chi connectivity index (χ1v) is 7.52. The van der Waals surface area contributed by atoms with E-state index in [9.17, 15) is 8.42 Å². The van der Waals surface area contributed by atoms with Gasteiger partial charge in [-0.15, -0.1) is 0 Å². The minimum absolute atomic E-state index is 0.0491. The molecule has 100 valence electrons. The molecule has 0 heterocycles. The number of rotatable bonds is 6. The first kappa shape index (κ1) is 13.3. The SMILES string of the molecule is CCCOc1ccc(S(=O)(=O)NC2CC2N)cc1. The summed E-state index contributed by atoms with van der Waals surface area (Å²) >= 11 is 0. The van der Waals surface area contributed by atoms with E-state index in [1.165, 1.54) is 0 Å². The van der Waals surface area contributed by atoms with Crippen LogP contribution in [0.3, 0.4) is 0 Å². The summed E-state index contributed by atoms with van der Waals surface area (Å²) in [7, 11) is -3.45. The van der Waals surface area contributed by atoms with Gasteiger partial charge in [0.05, 0.1) is 11.5 Å². The van der Waals surface area contributed by atoms with Crippen molar-refractivity contribution in [1.82, 2.24) is 4.72 Å². The molecule has 5 nitrogen and oxygen atoms in total. The predicted octanol–water partition coefficient (Wildman–Crippen LogP) is 0.853. The third kappa shape index (κ3) is 3.22. The summed E-state index contributed by atoms with van der Waals surface area (Å²) in [6.07, 6.45) is 1.62. The minimum atomic E-state index is -3.45. The fourth-order valence-corrected chi connectivity index (χ4v) is 2.85. The molecule has 1 aromatic carbocycles. The van der Waals surface area contributed by atoms with Crippen molar-refractivity contribution in [2.75, 3.05) is 6.61 Å². The fraction of sp³-hybridized carbons (Fsp3) is 0.500. The van der Waals surface area contributed by atoms with Crippen molar-refractivity contribution in [2.45, 2.75) is 36.7 Å². The van der Waals surface area contributed by atoms with E-state index in [1.807, 2.05) is 6.92 Å². The van der Waals surface area contributed by atoms with Crippen LogP contribution in [0.25, 0.3) is 0 Å². The molecule has 1 aromatic rings. The van der Waals surface area contributed by atoms with E-state index < -0.39 is 10.0 Å². The molecule has 1 aliphatic carbocycles. The van der Waals surface area contributed by atoms with Crippen LogP contribution in [0.4, 0.5) is 0 Å². The van der Waals surface area contributed by atoms with Gasteiger partial charge in [0.15, 0.2) is 0 Å². The fourth-order valence-electron chi connectivity index (χ4n) is 1.55. The van der Waals surface area contributed by atoms with Crippen molar-refractivity contribution >= 4 is 10.0 Å². The van der Waals surface area contributed by atoms with E-state index in [0.717, 1.165) is 6.42 Å². The lowest BCUT2D eigenvalue weighted by Crippen LogP contribution is -2.29. The maximum Gasteiger partial charge on any atom is 0.240 e. The largest absolute Gasteiger partial charge is 0.494 e. The van der Waals surface area contributed by atoms with Crippen LogP contribution in [0.5, 0.6) is 5.75 Å². The summed E-state index contributed by atoms with van der Waals surface area (Å²) < 4.78 is 31.9. The molecule has 0 aliphatic heterocycles. The van der Waals surface area contributed by atoms with Crippen LogP contribution in [0.2, 0.25) is 0 Å². The van der Waals surface area contributed by atoms with Crippen molar-refractivity contribution in [2.24, 2.45) is 5.73 Å². The Morgan fingerprint density at radius 1 is 1.39 bits per heavy atom. The zero-order valence-corrected chi connectivity index (χ0v) is 11.1. The van der Waals surface area contributed by atoms with Crippen LogP contribution in [0.15, 0.2) is 29.2 Å². The molecule has 6 heteroatoms. The van der Waals surface area contributed by atoms with Crippen molar-refractivity contribution in [1.29, 1.82) is 0 Å². The van der Waals surface area contributed by atoms with E-state index in [1.54, 1.807) is 24.3 Å². The third-order valence-electron chi connectivity index (χ3n) is 2.75. The molecule has 2 unspecified atom stereocenters. The Morgan fingerprint density at radius 3 is 2.50 bits per heavy atom. The molecule has 0 aromatic heterocycles. The molecule has 0 bridgehead atoms. The Kier molecular flexibility index (Phi) is 3.89. The maximum atomic E-state index is 11.9. The molecule has 2 rings (SSSR count). The first-order valence-electron chi connectivity index (χ1n) is 6.03. The van der Waals surface area contributed by atoms with Crippen molar-refractivity contribution in [3.8, 4) is 5.75 Å². The summed E-state index contributed by atoms with van der Waals surface area (Å²) in [5.41, 5.74) is 5.58. The van der Waals surface area contributed by atoms with Crippen LogP contribution in [-0.4, -0.2) is 27.1 Å². The number of nitrogens with two attached hydrogens (primary N) is 1. The molecular weight excluding hydrogens is 252 g/mol. The Balaban J connectivity index is 2.03. The molecular formula is C12H18N2O3S. The number of hydrogen-bond acceptors (Lipinski definition) is 4. The van der Waals surface area contributed by atoms with Crippen LogP contribution >= 0.6 is 0 Å². The number of hydrogen-bond donors (Lipinski definition) is 2. The second-order valence-electron chi connectivity index (χ2n) is 4.45. The smallest absolute Gasteiger partial charge is 0.240 e. The number of sulfonamides is 1. The highest BCUT2D eigenvalue weighted by molar-refractivity contribution is 7.89. The number of ether oxygens (including phenoxy) is 1. The molecule has 0 saturated heterocycles. The summed E-state index contributed by atoms with van der Waals surface area (Å²) in [6, 6.07) is 6.24. The van der Waals surface area contributed by atoms with Gasteiger partial charge in [0.2, 0.25) is 10.0 Å². The maximum absolute atomic E-state index is 11.9. The molecule has 18 heavy (non-hydrogen) atoms. The van der Waals surface area contributed by atoms with E-state index in [0.29, 0.717) is 18.8 Å². The lowest BCUT2D eigenvalue weighted by atomic mass is 10.3. The van der Waals surface area contributed by atoms with E-state index >= 15 is 0 Å². The van der Waals surface area contributed by atoms with Gasteiger partial charge in [0, 0.05) is 12.1 Å². The second-order valence-corrected chi connectivity index (χ2v) is 6.16. The quantitative estimate of drug-likeness (QED) is 0.803. The van der Waals surface area contributed by atoms with E-state index in [2.05, 4.69) is 4.72 Å². The normalized spacial score (nSPS) is 22.8. The van der Waals surface area contributed by atoms with Crippen LogP contribution in [-0.2, 0) is 10.0 Å². The van der Waals surface area contributed by atoms with Gasteiger partial charge in [-0.1, -0.05) is 6.92 Å². The minimum Gasteiger partial charge on any atom is -0.494 e. The van der Waals surface area contributed by atoms with Crippen LogP contribution < -0.4 is 15.2 Å². The molecule has 1 aliphatic rings. The van der Waals surface area contributed by atoms with E-state index in [-0.39, 0.29) is 17.0 Å². The first-order chi connectivity index (χ1) is 8.53. The van der Waals surface area contributed by atoms with Gasteiger partial charge in [0.25, 0.3) is 0 Å². The molecule has 0 amide bonds. The molecule has 0 radical (unpaired) electrons. The van der Waals surface area contributed by atoms with Gasteiger partial charge >= 0.3 is 0 Å². The third-order valence-corrected chi connectivity index (χ3v) is 4.26. The zero-order valence-electron chi connectivity index (χ0n) is 10.3. The van der Waals surface area contributed by atoms with Gasteiger partial charge in [-0.3, -0.25) is 0 Å². The van der Waals surface area contributed by atoms with Gasteiger partial charge < -0.3 is 10.5 Å². The molecule has 1 saturated carbocycles. The van der Waals surface area contributed by atoms with Crippen molar-refractivity contribution in [3.05, 3.63) is 24.3 Å². The monoisotopic (exact) mass is 270 g/mol. The highest BCUT2D eigenvalue weighted by Crippen LogP contribution is 2.22. The lowest BCUT2D eigenvalue weighted by molar-refractivity contribution is 0.317.